The first-order valence-corrected chi connectivity index (χ1v) is 10.8. The van der Waals surface area contributed by atoms with E-state index in [1.807, 2.05) is 12.1 Å². The van der Waals surface area contributed by atoms with E-state index in [-0.39, 0.29) is 11.7 Å². The van der Waals surface area contributed by atoms with Crippen LogP contribution in [-0.4, -0.2) is 18.0 Å². The molecule has 5 nitrogen and oxygen atoms in total. The van der Waals surface area contributed by atoms with Crippen LogP contribution in [0.15, 0.2) is 48.5 Å². The van der Waals surface area contributed by atoms with Crippen molar-refractivity contribution in [3.05, 3.63) is 59.1 Å². The van der Waals surface area contributed by atoms with Crippen LogP contribution in [0.4, 0.5) is 10.5 Å². The smallest absolute Gasteiger partial charge is 0.326 e. The van der Waals surface area contributed by atoms with Crippen LogP contribution in [-0.2, 0) is 0 Å². The highest BCUT2D eigenvalue weighted by atomic mass is 35.5. The van der Waals surface area contributed by atoms with Crippen molar-refractivity contribution in [1.82, 2.24) is 5.32 Å². The zero-order chi connectivity index (χ0) is 21.7. The predicted octanol–water partition coefficient (Wildman–Crippen LogP) is 6.14. The molecule has 0 aromatic heterocycles. The fraction of sp³-hybridized carbons (Fsp3) is 0.417. The maximum atomic E-state index is 12.2. The Kier molecular flexibility index (Phi) is 7.38. The summed E-state index contributed by atoms with van der Waals surface area (Å²) in [7, 11) is 0. The minimum absolute atomic E-state index is 0.212. The van der Waals surface area contributed by atoms with E-state index in [0.717, 1.165) is 12.2 Å². The standard InChI is InChI=1S/C24H29ClN2O3/c1-15(2)19-13-8-16(3)14-22(19)30-18-11-9-17(10-12-18)26-24(29)27-23(28)20-6-4-5-7-21(20)25/h4-7,9-12,15-16,19,22H,8,13-14H2,1-3H3,(H2,26,27,28,29)/t16-,19+,22-/m0/s1. The summed E-state index contributed by atoms with van der Waals surface area (Å²) < 4.78 is 6.30. The Balaban J connectivity index is 1.57. The molecule has 0 saturated heterocycles. The summed E-state index contributed by atoms with van der Waals surface area (Å²) in [5.41, 5.74) is 0.823. The van der Waals surface area contributed by atoms with Crippen molar-refractivity contribution in [2.45, 2.75) is 46.1 Å². The van der Waals surface area contributed by atoms with Gasteiger partial charge in [-0.25, -0.2) is 4.79 Å². The summed E-state index contributed by atoms with van der Waals surface area (Å²) >= 11 is 5.99. The van der Waals surface area contributed by atoms with E-state index in [2.05, 4.69) is 31.4 Å². The lowest BCUT2D eigenvalue weighted by Crippen LogP contribution is -2.36. The van der Waals surface area contributed by atoms with Crippen molar-refractivity contribution in [1.29, 1.82) is 0 Å². The minimum Gasteiger partial charge on any atom is -0.490 e. The third-order valence-corrected chi connectivity index (χ3v) is 6.04. The number of carbonyl (C=O) groups excluding carboxylic acids is 2. The molecule has 1 aliphatic rings. The van der Waals surface area contributed by atoms with Crippen molar-refractivity contribution >= 4 is 29.2 Å². The Morgan fingerprint density at radius 1 is 1.07 bits per heavy atom. The third kappa shape index (κ3) is 5.76. The van der Waals surface area contributed by atoms with Crippen LogP contribution in [0.25, 0.3) is 0 Å². The van der Waals surface area contributed by atoms with Crippen LogP contribution in [0.5, 0.6) is 5.75 Å². The Morgan fingerprint density at radius 3 is 2.43 bits per heavy atom. The van der Waals surface area contributed by atoms with Gasteiger partial charge in [-0.3, -0.25) is 10.1 Å². The molecule has 3 rings (SSSR count). The highest BCUT2D eigenvalue weighted by Crippen LogP contribution is 2.36. The van der Waals surface area contributed by atoms with Gasteiger partial charge in [0, 0.05) is 5.69 Å². The van der Waals surface area contributed by atoms with Gasteiger partial charge in [-0.2, -0.15) is 0 Å². The fourth-order valence-electron chi connectivity index (χ4n) is 4.02. The normalized spacial score (nSPS) is 21.2. The first kappa shape index (κ1) is 22.2. The number of amides is 3. The second kappa shape index (κ2) is 9.98. The zero-order valence-electron chi connectivity index (χ0n) is 17.7. The molecule has 0 spiro atoms. The molecule has 0 aliphatic heterocycles. The van der Waals surface area contributed by atoms with E-state index < -0.39 is 11.9 Å². The zero-order valence-corrected chi connectivity index (χ0v) is 18.4. The maximum absolute atomic E-state index is 12.2. The lowest BCUT2D eigenvalue weighted by molar-refractivity contribution is 0.0460. The number of hydrogen-bond acceptors (Lipinski definition) is 3. The van der Waals surface area contributed by atoms with E-state index in [0.29, 0.717) is 28.5 Å². The van der Waals surface area contributed by atoms with Crippen molar-refractivity contribution in [3.63, 3.8) is 0 Å². The molecule has 6 heteroatoms. The van der Waals surface area contributed by atoms with Gasteiger partial charge in [0.2, 0.25) is 0 Å². The molecule has 3 amide bonds. The molecule has 0 radical (unpaired) electrons. The molecule has 30 heavy (non-hydrogen) atoms. The van der Waals surface area contributed by atoms with Crippen LogP contribution in [0.2, 0.25) is 5.02 Å². The number of anilines is 1. The molecule has 3 atom stereocenters. The number of imide groups is 1. The average Bonchev–Trinajstić information content (AvgIpc) is 2.69. The highest BCUT2D eigenvalue weighted by Gasteiger charge is 2.32. The molecule has 0 heterocycles. The molecular weight excluding hydrogens is 400 g/mol. The van der Waals surface area contributed by atoms with Gasteiger partial charge in [-0.1, -0.05) is 50.9 Å². The number of halogens is 1. The van der Waals surface area contributed by atoms with Gasteiger partial charge in [0.15, 0.2) is 0 Å². The van der Waals surface area contributed by atoms with E-state index >= 15 is 0 Å². The van der Waals surface area contributed by atoms with Gasteiger partial charge >= 0.3 is 6.03 Å². The monoisotopic (exact) mass is 428 g/mol. The SMILES string of the molecule is CC(C)[C@H]1CC[C@H](C)C[C@@H]1Oc1ccc(NC(=O)NC(=O)c2ccccc2Cl)cc1. The van der Waals surface area contributed by atoms with Gasteiger partial charge in [0.05, 0.1) is 10.6 Å². The van der Waals surface area contributed by atoms with Crippen LogP contribution in [0.3, 0.4) is 0 Å². The van der Waals surface area contributed by atoms with Gasteiger partial charge in [0.1, 0.15) is 11.9 Å². The van der Waals surface area contributed by atoms with E-state index in [1.165, 1.54) is 12.8 Å². The van der Waals surface area contributed by atoms with Crippen molar-refractivity contribution in [2.24, 2.45) is 17.8 Å². The van der Waals surface area contributed by atoms with Crippen LogP contribution in [0.1, 0.15) is 50.4 Å². The number of hydrogen-bond donors (Lipinski definition) is 2. The van der Waals surface area contributed by atoms with Crippen molar-refractivity contribution in [3.8, 4) is 5.75 Å². The highest BCUT2D eigenvalue weighted by molar-refractivity contribution is 6.34. The van der Waals surface area contributed by atoms with Crippen molar-refractivity contribution in [2.75, 3.05) is 5.32 Å². The number of rotatable bonds is 5. The Labute approximate surface area is 183 Å². The van der Waals surface area contributed by atoms with Gasteiger partial charge in [0.25, 0.3) is 5.91 Å². The second-order valence-electron chi connectivity index (χ2n) is 8.39. The first-order valence-electron chi connectivity index (χ1n) is 10.5. The minimum atomic E-state index is -0.616. The largest absolute Gasteiger partial charge is 0.490 e. The Morgan fingerprint density at radius 2 is 1.77 bits per heavy atom. The molecule has 2 aromatic rings. The molecule has 2 aromatic carbocycles. The maximum Gasteiger partial charge on any atom is 0.326 e. The summed E-state index contributed by atoms with van der Waals surface area (Å²) in [5.74, 6) is 2.05. The predicted molar refractivity (Wildman–Crippen MR) is 120 cm³/mol. The Bertz CT molecular complexity index is 882. The summed E-state index contributed by atoms with van der Waals surface area (Å²) in [6, 6.07) is 13.2. The molecule has 1 fully saturated rings. The van der Waals surface area contributed by atoms with Gasteiger partial charge in [-0.15, -0.1) is 0 Å². The van der Waals surface area contributed by atoms with Gasteiger partial charge in [-0.05, 0) is 67.0 Å². The lowest BCUT2D eigenvalue weighted by atomic mass is 9.75. The summed E-state index contributed by atoms with van der Waals surface area (Å²) in [5, 5.41) is 5.23. The van der Waals surface area contributed by atoms with Crippen LogP contribution < -0.4 is 15.4 Å². The first-order chi connectivity index (χ1) is 14.3. The summed E-state index contributed by atoms with van der Waals surface area (Å²) in [4.78, 5) is 24.3. The number of urea groups is 1. The van der Waals surface area contributed by atoms with E-state index in [4.69, 9.17) is 16.3 Å². The van der Waals surface area contributed by atoms with Gasteiger partial charge < -0.3 is 10.1 Å². The average molecular weight is 429 g/mol. The third-order valence-electron chi connectivity index (χ3n) is 5.71. The molecule has 1 saturated carbocycles. The summed E-state index contributed by atoms with van der Waals surface area (Å²) in [6.07, 6.45) is 3.73. The lowest BCUT2D eigenvalue weighted by Gasteiger charge is -2.37. The quantitative estimate of drug-likeness (QED) is 0.600. The van der Waals surface area contributed by atoms with Crippen LogP contribution >= 0.6 is 11.6 Å². The van der Waals surface area contributed by atoms with E-state index in [1.54, 1.807) is 36.4 Å². The Hall–Kier alpha value is -2.53. The second-order valence-corrected chi connectivity index (χ2v) is 8.80. The number of nitrogens with one attached hydrogen (secondary N) is 2. The van der Waals surface area contributed by atoms with Crippen LogP contribution in [0, 0.1) is 17.8 Å². The number of carbonyl (C=O) groups is 2. The van der Waals surface area contributed by atoms with Crippen molar-refractivity contribution < 1.29 is 14.3 Å². The number of ether oxygens (including phenoxy) is 1. The molecule has 2 N–H and O–H groups in total. The van der Waals surface area contributed by atoms with E-state index in [9.17, 15) is 9.59 Å². The summed E-state index contributed by atoms with van der Waals surface area (Å²) in [6.45, 7) is 6.79. The molecule has 1 aliphatic carbocycles. The molecule has 160 valence electrons. The topological polar surface area (TPSA) is 67.4 Å². The molecular formula is C24H29ClN2O3. The number of benzene rings is 2. The fourth-order valence-corrected chi connectivity index (χ4v) is 4.24. The molecule has 0 unspecified atom stereocenters. The molecule has 0 bridgehead atoms.